The molecule has 3 heteroatoms. The van der Waals surface area contributed by atoms with Crippen molar-refractivity contribution in [1.29, 1.82) is 0 Å². The quantitative estimate of drug-likeness (QED) is 0.743. The standard InChI is InChI=1S/C14H28N2S/c1-5-9-12(8-4)16-14-15-10-13(17-14)11(6-2)7-3/h11-13H,5-10H2,1-4H3,(H,15,16). The molecular formula is C14H28N2S. The molecule has 0 amide bonds. The summed E-state index contributed by atoms with van der Waals surface area (Å²) in [5.74, 6) is 0.828. The summed E-state index contributed by atoms with van der Waals surface area (Å²) in [6.07, 6.45) is 6.26. The molecule has 1 aliphatic rings. The van der Waals surface area contributed by atoms with Crippen LogP contribution in [0.4, 0.5) is 0 Å². The molecule has 0 aromatic rings. The summed E-state index contributed by atoms with van der Waals surface area (Å²) >= 11 is 1.98. The van der Waals surface area contributed by atoms with E-state index in [4.69, 9.17) is 0 Å². The summed E-state index contributed by atoms with van der Waals surface area (Å²) in [6, 6.07) is 0.617. The average molecular weight is 256 g/mol. The summed E-state index contributed by atoms with van der Waals surface area (Å²) in [7, 11) is 0. The van der Waals surface area contributed by atoms with Gasteiger partial charge in [-0.3, -0.25) is 4.99 Å². The van der Waals surface area contributed by atoms with Crippen LogP contribution >= 0.6 is 11.8 Å². The molecule has 0 fully saturated rings. The molecule has 17 heavy (non-hydrogen) atoms. The Bertz CT molecular complexity index is 236. The van der Waals surface area contributed by atoms with Gasteiger partial charge in [-0.05, 0) is 18.8 Å². The lowest BCUT2D eigenvalue weighted by atomic mass is 9.99. The van der Waals surface area contributed by atoms with Crippen molar-refractivity contribution in [2.75, 3.05) is 6.54 Å². The van der Waals surface area contributed by atoms with Crippen LogP contribution in [-0.4, -0.2) is 23.0 Å². The van der Waals surface area contributed by atoms with Crippen molar-refractivity contribution >= 4 is 16.9 Å². The zero-order valence-electron chi connectivity index (χ0n) is 11.8. The molecule has 100 valence electrons. The monoisotopic (exact) mass is 256 g/mol. The Morgan fingerprint density at radius 3 is 2.47 bits per heavy atom. The van der Waals surface area contributed by atoms with Crippen LogP contribution in [0.3, 0.4) is 0 Å². The summed E-state index contributed by atoms with van der Waals surface area (Å²) < 4.78 is 0. The number of hydrogen-bond acceptors (Lipinski definition) is 3. The zero-order valence-corrected chi connectivity index (χ0v) is 12.6. The molecule has 1 N–H and O–H groups in total. The van der Waals surface area contributed by atoms with Crippen molar-refractivity contribution in [1.82, 2.24) is 5.32 Å². The van der Waals surface area contributed by atoms with Crippen molar-refractivity contribution in [3.8, 4) is 0 Å². The normalized spacial score (nSPS) is 21.7. The van der Waals surface area contributed by atoms with Gasteiger partial charge in [0.2, 0.25) is 0 Å². The van der Waals surface area contributed by atoms with E-state index in [0.717, 1.165) is 12.5 Å². The van der Waals surface area contributed by atoms with Crippen molar-refractivity contribution in [2.45, 2.75) is 71.1 Å². The minimum absolute atomic E-state index is 0.617. The number of rotatable bonds is 7. The lowest BCUT2D eigenvalue weighted by Crippen LogP contribution is -2.32. The number of nitrogens with one attached hydrogen (secondary N) is 1. The highest BCUT2D eigenvalue weighted by molar-refractivity contribution is 8.14. The molecule has 1 aliphatic heterocycles. The summed E-state index contributed by atoms with van der Waals surface area (Å²) in [5.41, 5.74) is 0. The van der Waals surface area contributed by atoms with Gasteiger partial charge in [0.25, 0.3) is 0 Å². The van der Waals surface area contributed by atoms with E-state index < -0.39 is 0 Å². The lowest BCUT2D eigenvalue weighted by Gasteiger charge is -2.20. The summed E-state index contributed by atoms with van der Waals surface area (Å²) in [4.78, 5) is 4.67. The second kappa shape index (κ2) is 8.02. The molecule has 1 heterocycles. The SMILES string of the molecule is CCCC(CC)NC1=NCC(C(CC)CC)S1. The van der Waals surface area contributed by atoms with Gasteiger partial charge in [0.05, 0.1) is 6.54 Å². The molecule has 1 rings (SSSR count). The first-order valence-corrected chi connectivity index (χ1v) is 8.10. The van der Waals surface area contributed by atoms with E-state index in [-0.39, 0.29) is 0 Å². The minimum atomic E-state index is 0.617. The summed E-state index contributed by atoms with van der Waals surface area (Å²) in [5, 5.41) is 5.52. The molecule has 2 nitrogen and oxygen atoms in total. The maximum atomic E-state index is 4.67. The number of aliphatic imine (C=N–C) groups is 1. The van der Waals surface area contributed by atoms with Gasteiger partial charge in [-0.15, -0.1) is 0 Å². The third-order valence-electron chi connectivity index (χ3n) is 3.71. The Balaban J connectivity index is 2.38. The van der Waals surface area contributed by atoms with E-state index in [1.165, 1.54) is 37.3 Å². The van der Waals surface area contributed by atoms with Gasteiger partial charge in [0.1, 0.15) is 0 Å². The van der Waals surface area contributed by atoms with Gasteiger partial charge in [-0.1, -0.05) is 58.7 Å². The fourth-order valence-electron chi connectivity index (χ4n) is 2.43. The average Bonchev–Trinajstić information content (AvgIpc) is 2.79. The largest absolute Gasteiger partial charge is 0.362 e. The maximum Gasteiger partial charge on any atom is 0.157 e. The molecule has 0 aliphatic carbocycles. The van der Waals surface area contributed by atoms with Crippen LogP contribution in [0.1, 0.15) is 59.8 Å². The van der Waals surface area contributed by atoms with E-state index in [9.17, 15) is 0 Å². The van der Waals surface area contributed by atoms with Crippen LogP contribution in [-0.2, 0) is 0 Å². The van der Waals surface area contributed by atoms with Gasteiger partial charge < -0.3 is 5.32 Å². The zero-order chi connectivity index (χ0) is 12.7. The summed E-state index contributed by atoms with van der Waals surface area (Å²) in [6.45, 7) is 10.1. The van der Waals surface area contributed by atoms with Crippen molar-refractivity contribution in [3.63, 3.8) is 0 Å². The predicted octanol–water partition coefficient (Wildman–Crippen LogP) is 4.06. The number of thioether (sulfide) groups is 1. The van der Waals surface area contributed by atoms with Crippen LogP contribution in [0.15, 0.2) is 4.99 Å². The smallest absolute Gasteiger partial charge is 0.157 e. The van der Waals surface area contributed by atoms with Crippen LogP contribution in [0, 0.1) is 5.92 Å². The third-order valence-corrected chi connectivity index (χ3v) is 5.02. The first kappa shape index (κ1) is 14.9. The fraction of sp³-hybridized carbons (Fsp3) is 0.929. The highest BCUT2D eigenvalue weighted by Crippen LogP contribution is 2.30. The van der Waals surface area contributed by atoms with Gasteiger partial charge in [0.15, 0.2) is 5.17 Å². The second-order valence-electron chi connectivity index (χ2n) is 4.92. The van der Waals surface area contributed by atoms with Gasteiger partial charge in [0, 0.05) is 11.3 Å². The molecule has 0 saturated heterocycles. The van der Waals surface area contributed by atoms with Gasteiger partial charge in [-0.2, -0.15) is 0 Å². The van der Waals surface area contributed by atoms with Gasteiger partial charge >= 0.3 is 0 Å². The molecule has 2 unspecified atom stereocenters. The Morgan fingerprint density at radius 2 is 1.94 bits per heavy atom. The molecule has 2 atom stereocenters. The Labute approximate surface area is 111 Å². The molecule has 0 saturated carbocycles. The second-order valence-corrected chi connectivity index (χ2v) is 6.14. The van der Waals surface area contributed by atoms with Crippen LogP contribution < -0.4 is 5.32 Å². The van der Waals surface area contributed by atoms with Crippen molar-refractivity contribution in [3.05, 3.63) is 0 Å². The van der Waals surface area contributed by atoms with Gasteiger partial charge in [-0.25, -0.2) is 0 Å². The van der Waals surface area contributed by atoms with E-state index in [1.54, 1.807) is 0 Å². The van der Waals surface area contributed by atoms with E-state index >= 15 is 0 Å². The van der Waals surface area contributed by atoms with Crippen LogP contribution in [0.25, 0.3) is 0 Å². The fourth-order valence-corrected chi connectivity index (χ4v) is 3.83. The van der Waals surface area contributed by atoms with E-state index in [0.29, 0.717) is 11.3 Å². The Morgan fingerprint density at radius 1 is 1.24 bits per heavy atom. The van der Waals surface area contributed by atoms with Crippen molar-refractivity contribution in [2.24, 2.45) is 10.9 Å². The molecule has 0 radical (unpaired) electrons. The molecule has 0 aromatic carbocycles. The Hall–Kier alpha value is -0.180. The molecular weight excluding hydrogens is 228 g/mol. The molecule has 0 bridgehead atoms. The first-order chi connectivity index (χ1) is 8.24. The lowest BCUT2D eigenvalue weighted by molar-refractivity contribution is 0.479. The topological polar surface area (TPSA) is 24.4 Å². The first-order valence-electron chi connectivity index (χ1n) is 7.22. The van der Waals surface area contributed by atoms with Crippen molar-refractivity contribution < 1.29 is 0 Å². The Kier molecular flexibility index (Phi) is 7.02. The highest BCUT2D eigenvalue weighted by Gasteiger charge is 2.26. The number of nitrogens with zero attached hydrogens (tertiary/aromatic N) is 1. The van der Waals surface area contributed by atoms with E-state index in [1.807, 2.05) is 11.8 Å². The maximum absolute atomic E-state index is 4.67. The predicted molar refractivity (Wildman–Crippen MR) is 79.9 cm³/mol. The van der Waals surface area contributed by atoms with E-state index in [2.05, 4.69) is 38.0 Å². The van der Waals surface area contributed by atoms with Crippen LogP contribution in [0.2, 0.25) is 0 Å². The molecule has 0 aromatic heterocycles. The number of hydrogen-bond donors (Lipinski definition) is 1. The number of amidine groups is 1. The van der Waals surface area contributed by atoms with Crippen LogP contribution in [0.5, 0.6) is 0 Å². The minimum Gasteiger partial charge on any atom is -0.362 e. The highest BCUT2D eigenvalue weighted by atomic mass is 32.2. The third kappa shape index (κ3) is 4.53. The molecule has 0 spiro atoms.